The summed E-state index contributed by atoms with van der Waals surface area (Å²) in [7, 11) is 1.52. The lowest BCUT2D eigenvalue weighted by Gasteiger charge is -2.13. The Kier molecular flexibility index (Phi) is 5.19. The van der Waals surface area contributed by atoms with Crippen molar-refractivity contribution < 1.29 is 9.13 Å². The van der Waals surface area contributed by atoms with E-state index in [0.717, 1.165) is 11.0 Å². The van der Waals surface area contributed by atoms with E-state index in [4.69, 9.17) is 10.5 Å². The Morgan fingerprint density at radius 1 is 1.38 bits per heavy atom. The molecule has 0 radical (unpaired) electrons. The van der Waals surface area contributed by atoms with E-state index in [9.17, 15) is 4.39 Å². The highest BCUT2D eigenvalue weighted by Gasteiger charge is 2.15. The molecule has 0 atom stereocenters. The molecule has 0 aliphatic heterocycles. The van der Waals surface area contributed by atoms with E-state index >= 15 is 0 Å². The number of benzene rings is 1. The van der Waals surface area contributed by atoms with Gasteiger partial charge in [0.15, 0.2) is 5.16 Å². The van der Waals surface area contributed by atoms with Gasteiger partial charge in [0.2, 0.25) is 0 Å². The molecule has 114 valence electrons. The minimum absolute atomic E-state index is 0.210. The predicted molar refractivity (Wildman–Crippen MR) is 80.8 cm³/mol. The number of hydrogen-bond donors (Lipinski definition) is 1. The number of halogens is 1. The van der Waals surface area contributed by atoms with Gasteiger partial charge in [0.25, 0.3) is 0 Å². The second kappa shape index (κ2) is 6.91. The fourth-order valence-corrected chi connectivity index (χ4v) is 3.05. The van der Waals surface area contributed by atoms with Crippen LogP contribution < -0.4 is 10.5 Å². The van der Waals surface area contributed by atoms with Crippen LogP contribution in [0.3, 0.4) is 0 Å². The molecule has 2 rings (SSSR count). The van der Waals surface area contributed by atoms with E-state index in [1.54, 1.807) is 12.1 Å². The Bertz CT molecular complexity index is 615. The molecule has 0 fully saturated rings. The first-order valence-corrected chi connectivity index (χ1v) is 7.64. The van der Waals surface area contributed by atoms with Crippen molar-refractivity contribution in [3.63, 3.8) is 0 Å². The average Bonchev–Trinajstić information content (AvgIpc) is 2.89. The summed E-state index contributed by atoms with van der Waals surface area (Å²) in [5.74, 6) is 1.45. The van der Waals surface area contributed by atoms with E-state index in [1.165, 1.54) is 24.9 Å². The van der Waals surface area contributed by atoms with Crippen LogP contribution in [0.1, 0.15) is 31.3 Å². The van der Waals surface area contributed by atoms with Gasteiger partial charge < -0.3 is 15.0 Å². The highest BCUT2D eigenvalue weighted by molar-refractivity contribution is 7.98. The Labute approximate surface area is 127 Å². The molecule has 7 heteroatoms. The fourth-order valence-electron chi connectivity index (χ4n) is 1.98. The average molecular weight is 310 g/mol. The molecule has 0 saturated heterocycles. The maximum absolute atomic E-state index is 13.9. The summed E-state index contributed by atoms with van der Waals surface area (Å²) in [5, 5.41) is 8.96. The molecule has 21 heavy (non-hydrogen) atoms. The second-order valence-electron chi connectivity index (χ2n) is 4.81. The zero-order chi connectivity index (χ0) is 15.4. The first-order valence-electron chi connectivity index (χ1n) is 6.65. The third-order valence-corrected chi connectivity index (χ3v) is 4.04. The number of nitrogens with two attached hydrogens (primary N) is 1. The molecule has 0 saturated carbocycles. The van der Waals surface area contributed by atoms with Crippen LogP contribution in [0.15, 0.2) is 23.4 Å². The summed E-state index contributed by atoms with van der Waals surface area (Å²) in [6.07, 6.45) is 0. The zero-order valence-electron chi connectivity index (χ0n) is 12.3. The topological polar surface area (TPSA) is 66.0 Å². The number of aromatic nitrogens is 3. The minimum Gasteiger partial charge on any atom is -0.497 e. The van der Waals surface area contributed by atoms with E-state index in [1.807, 2.05) is 18.4 Å². The highest BCUT2D eigenvalue weighted by Crippen LogP contribution is 2.27. The third-order valence-electron chi connectivity index (χ3n) is 3.05. The van der Waals surface area contributed by atoms with Gasteiger partial charge in [-0.2, -0.15) is 0 Å². The van der Waals surface area contributed by atoms with Gasteiger partial charge in [0, 0.05) is 17.9 Å². The van der Waals surface area contributed by atoms with Crippen molar-refractivity contribution in [3.8, 4) is 5.75 Å². The van der Waals surface area contributed by atoms with E-state index in [2.05, 4.69) is 10.2 Å². The first kappa shape index (κ1) is 15.8. The van der Waals surface area contributed by atoms with Crippen LogP contribution in [-0.2, 0) is 12.3 Å². The molecule has 2 N–H and O–H groups in total. The van der Waals surface area contributed by atoms with Crippen LogP contribution >= 0.6 is 11.8 Å². The SMILES string of the molecule is COc1ccc(CSc2nnc(CN)n2C(C)C)c(F)c1. The summed E-state index contributed by atoms with van der Waals surface area (Å²) >= 11 is 1.45. The van der Waals surface area contributed by atoms with Crippen LogP contribution in [0.2, 0.25) is 0 Å². The maximum atomic E-state index is 13.9. The molecule has 1 aromatic carbocycles. The van der Waals surface area contributed by atoms with Crippen LogP contribution in [0, 0.1) is 5.82 Å². The van der Waals surface area contributed by atoms with Crippen molar-refractivity contribution in [1.82, 2.24) is 14.8 Å². The van der Waals surface area contributed by atoms with Crippen molar-refractivity contribution >= 4 is 11.8 Å². The molecule has 2 aromatic rings. The Hall–Kier alpha value is -1.60. The maximum Gasteiger partial charge on any atom is 0.191 e. The van der Waals surface area contributed by atoms with Crippen molar-refractivity contribution in [3.05, 3.63) is 35.4 Å². The van der Waals surface area contributed by atoms with E-state index in [-0.39, 0.29) is 11.9 Å². The molecule has 0 bridgehead atoms. The zero-order valence-corrected chi connectivity index (χ0v) is 13.2. The lowest BCUT2D eigenvalue weighted by Crippen LogP contribution is -2.11. The van der Waals surface area contributed by atoms with Gasteiger partial charge in [-0.15, -0.1) is 10.2 Å². The summed E-state index contributed by atoms with van der Waals surface area (Å²) in [6.45, 7) is 4.42. The summed E-state index contributed by atoms with van der Waals surface area (Å²) in [6, 6.07) is 5.06. The van der Waals surface area contributed by atoms with Crippen LogP contribution in [0.4, 0.5) is 4.39 Å². The quantitative estimate of drug-likeness (QED) is 0.831. The van der Waals surface area contributed by atoms with Crippen LogP contribution in [0.5, 0.6) is 5.75 Å². The normalized spacial score (nSPS) is 11.1. The molecule has 0 unspecified atom stereocenters. The van der Waals surface area contributed by atoms with Crippen LogP contribution in [-0.4, -0.2) is 21.9 Å². The smallest absolute Gasteiger partial charge is 0.191 e. The number of nitrogens with zero attached hydrogens (tertiary/aromatic N) is 3. The Morgan fingerprint density at radius 2 is 2.14 bits per heavy atom. The Morgan fingerprint density at radius 3 is 2.71 bits per heavy atom. The minimum atomic E-state index is -0.281. The highest BCUT2D eigenvalue weighted by atomic mass is 32.2. The number of hydrogen-bond acceptors (Lipinski definition) is 5. The molecule has 0 spiro atoms. The molecular weight excluding hydrogens is 291 g/mol. The standard InChI is InChI=1S/C14H19FN4OS/c1-9(2)19-13(7-16)17-18-14(19)21-8-10-4-5-11(20-3)6-12(10)15/h4-6,9H,7-8,16H2,1-3H3. The largest absolute Gasteiger partial charge is 0.497 e. The number of methoxy groups -OCH3 is 1. The lowest BCUT2D eigenvalue weighted by atomic mass is 10.2. The van der Waals surface area contributed by atoms with Gasteiger partial charge in [-0.25, -0.2) is 4.39 Å². The molecule has 1 heterocycles. The molecule has 1 aromatic heterocycles. The van der Waals surface area contributed by atoms with Gasteiger partial charge in [0.05, 0.1) is 13.7 Å². The lowest BCUT2D eigenvalue weighted by molar-refractivity contribution is 0.411. The van der Waals surface area contributed by atoms with Crippen LogP contribution in [0.25, 0.3) is 0 Å². The second-order valence-corrected chi connectivity index (χ2v) is 5.76. The molecule has 5 nitrogen and oxygen atoms in total. The third kappa shape index (κ3) is 3.54. The van der Waals surface area contributed by atoms with E-state index < -0.39 is 0 Å². The Balaban J connectivity index is 2.15. The van der Waals surface area contributed by atoms with Crippen molar-refractivity contribution in [2.24, 2.45) is 5.73 Å². The number of ether oxygens (including phenoxy) is 1. The molecule has 0 aliphatic carbocycles. The number of rotatable bonds is 6. The van der Waals surface area contributed by atoms with Gasteiger partial charge in [-0.3, -0.25) is 0 Å². The van der Waals surface area contributed by atoms with Crippen molar-refractivity contribution in [1.29, 1.82) is 0 Å². The molecular formula is C14H19FN4OS. The monoisotopic (exact) mass is 310 g/mol. The summed E-state index contributed by atoms with van der Waals surface area (Å²) < 4.78 is 20.9. The van der Waals surface area contributed by atoms with Gasteiger partial charge in [-0.05, 0) is 25.5 Å². The van der Waals surface area contributed by atoms with Crippen molar-refractivity contribution in [2.45, 2.75) is 37.3 Å². The predicted octanol–water partition coefficient (Wildman–Crippen LogP) is 2.76. The van der Waals surface area contributed by atoms with Crippen molar-refractivity contribution in [2.75, 3.05) is 7.11 Å². The van der Waals surface area contributed by atoms with Gasteiger partial charge >= 0.3 is 0 Å². The fraction of sp³-hybridized carbons (Fsp3) is 0.429. The molecule has 0 amide bonds. The van der Waals surface area contributed by atoms with Gasteiger partial charge in [0.1, 0.15) is 17.4 Å². The summed E-state index contributed by atoms with van der Waals surface area (Å²) in [5.41, 5.74) is 6.26. The van der Waals surface area contributed by atoms with Gasteiger partial charge in [-0.1, -0.05) is 17.8 Å². The first-order chi connectivity index (χ1) is 10.1. The molecule has 0 aliphatic rings. The van der Waals surface area contributed by atoms with E-state index in [0.29, 0.717) is 23.6 Å². The number of thioether (sulfide) groups is 1. The summed E-state index contributed by atoms with van der Waals surface area (Å²) in [4.78, 5) is 0.